The SMILES string of the molecule is COc1ccc(CNc2ncc3c4c2c(-c2ccc(C(=O)Nc5cc(C(F)(F)F)ccn5)cc2)nn4[C@@H]2CCC[C@H](C2)NC(=O)CN(C(=O)OC(C)(C)C)CC/C=C/3)c(OC)c1. The minimum atomic E-state index is -4.60. The van der Waals surface area contributed by atoms with E-state index in [-0.39, 0.29) is 42.5 Å². The molecule has 62 heavy (non-hydrogen) atoms. The molecule has 17 heteroatoms. The van der Waals surface area contributed by atoms with Gasteiger partial charge in [-0.3, -0.25) is 19.2 Å². The molecule has 0 spiro atoms. The van der Waals surface area contributed by atoms with Crippen molar-refractivity contribution in [2.45, 2.75) is 83.3 Å². The van der Waals surface area contributed by atoms with Gasteiger partial charge in [0.05, 0.1) is 36.7 Å². The molecule has 4 heterocycles. The van der Waals surface area contributed by atoms with Gasteiger partial charge in [-0.15, -0.1) is 0 Å². The van der Waals surface area contributed by atoms with Crippen LogP contribution in [0, 0.1) is 0 Å². The van der Waals surface area contributed by atoms with E-state index < -0.39 is 29.3 Å². The van der Waals surface area contributed by atoms with Gasteiger partial charge in [0.1, 0.15) is 41.0 Å². The van der Waals surface area contributed by atoms with Gasteiger partial charge >= 0.3 is 12.3 Å². The smallest absolute Gasteiger partial charge is 0.416 e. The van der Waals surface area contributed by atoms with Crippen LogP contribution in [-0.2, 0) is 22.3 Å². The van der Waals surface area contributed by atoms with Gasteiger partial charge in [-0.25, -0.2) is 14.8 Å². The molecular formula is C45H49F3N8O6. The molecule has 0 saturated heterocycles. The third-order valence-electron chi connectivity index (χ3n) is 10.7. The fourth-order valence-electron chi connectivity index (χ4n) is 7.70. The fraction of sp³-hybridized carbons (Fsp3) is 0.378. The molecule has 7 rings (SSSR count). The molecule has 2 atom stereocenters. The van der Waals surface area contributed by atoms with Crippen LogP contribution in [0.1, 0.15) is 86.0 Å². The summed E-state index contributed by atoms with van der Waals surface area (Å²) in [6.07, 6.45) is 4.83. The average molecular weight is 855 g/mol. The molecule has 3 amide bonds. The third kappa shape index (κ3) is 10.1. The number of ether oxygens (including phenoxy) is 3. The van der Waals surface area contributed by atoms with E-state index in [1.165, 1.54) is 4.90 Å². The zero-order valence-electron chi connectivity index (χ0n) is 35.1. The van der Waals surface area contributed by atoms with E-state index >= 15 is 0 Å². The first-order chi connectivity index (χ1) is 29.6. The van der Waals surface area contributed by atoms with Crippen molar-refractivity contribution in [3.05, 3.63) is 95.3 Å². The van der Waals surface area contributed by atoms with Crippen LogP contribution >= 0.6 is 0 Å². The molecule has 14 nitrogen and oxygen atoms in total. The zero-order valence-corrected chi connectivity index (χ0v) is 35.1. The van der Waals surface area contributed by atoms with Gasteiger partial charge < -0.3 is 30.2 Å². The summed E-state index contributed by atoms with van der Waals surface area (Å²) in [5.74, 6) is 0.657. The maximum Gasteiger partial charge on any atom is 0.416 e. The Balaban J connectivity index is 1.30. The number of methoxy groups -OCH3 is 2. The summed E-state index contributed by atoms with van der Waals surface area (Å²) in [6, 6.07) is 13.5. The summed E-state index contributed by atoms with van der Waals surface area (Å²) in [7, 11) is 3.17. The molecule has 2 bridgehead atoms. The minimum Gasteiger partial charge on any atom is -0.497 e. The van der Waals surface area contributed by atoms with Gasteiger partial charge in [-0.2, -0.15) is 18.3 Å². The number of carbonyl (C=O) groups excluding carboxylic acids is 3. The Morgan fingerprint density at radius 3 is 2.50 bits per heavy atom. The number of benzene rings is 2. The van der Waals surface area contributed by atoms with Crippen molar-refractivity contribution in [1.29, 1.82) is 0 Å². The largest absolute Gasteiger partial charge is 0.497 e. The Morgan fingerprint density at radius 1 is 0.984 bits per heavy atom. The van der Waals surface area contributed by atoms with Crippen molar-refractivity contribution in [2.75, 3.05) is 37.9 Å². The van der Waals surface area contributed by atoms with Crippen LogP contribution in [0.3, 0.4) is 0 Å². The Labute approximate surface area is 356 Å². The third-order valence-corrected chi connectivity index (χ3v) is 10.7. The number of hydrogen-bond donors (Lipinski definition) is 3. The lowest BCUT2D eigenvalue weighted by atomic mass is 9.90. The predicted molar refractivity (Wildman–Crippen MR) is 228 cm³/mol. The average Bonchev–Trinajstić information content (AvgIpc) is 3.64. The lowest BCUT2D eigenvalue weighted by Gasteiger charge is -2.32. The summed E-state index contributed by atoms with van der Waals surface area (Å²) in [5.41, 5.74) is 2.18. The van der Waals surface area contributed by atoms with Gasteiger partial charge in [0.2, 0.25) is 5.91 Å². The van der Waals surface area contributed by atoms with E-state index in [4.69, 9.17) is 24.3 Å². The normalized spacial score (nSPS) is 17.7. The maximum absolute atomic E-state index is 13.4. The number of nitrogens with zero attached hydrogens (tertiary/aromatic N) is 5. The van der Waals surface area contributed by atoms with Crippen molar-refractivity contribution >= 4 is 46.5 Å². The number of rotatable bonds is 8. The number of pyridine rings is 2. The Morgan fingerprint density at radius 2 is 1.77 bits per heavy atom. The van der Waals surface area contributed by atoms with Crippen molar-refractivity contribution < 1.29 is 41.8 Å². The molecule has 3 N–H and O–H groups in total. The first kappa shape index (κ1) is 43.4. The topological polar surface area (TPSA) is 162 Å². The van der Waals surface area contributed by atoms with Gasteiger partial charge in [0.15, 0.2) is 0 Å². The minimum absolute atomic E-state index is 0.135. The molecule has 3 aromatic heterocycles. The number of nitrogens with one attached hydrogen (secondary N) is 3. The molecule has 2 aliphatic rings. The second-order valence-corrected chi connectivity index (χ2v) is 16.2. The number of amides is 3. The van der Waals surface area contributed by atoms with Gasteiger partial charge in [0.25, 0.3) is 5.91 Å². The van der Waals surface area contributed by atoms with Crippen LogP contribution in [0.25, 0.3) is 28.2 Å². The van der Waals surface area contributed by atoms with E-state index in [1.807, 2.05) is 29.0 Å². The first-order valence-corrected chi connectivity index (χ1v) is 20.3. The summed E-state index contributed by atoms with van der Waals surface area (Å²) in [5, 5.41) is 15.1. The number of carbonyl (C=O) groups is 3. The van der Waals surface area contributed by atoms with Crippen molar-refractivity contribution in [2.24, 2.45) is 0 Å². The number of aromatic nitrogens is 4. The second kappa shape index (κ2) is 18.1. The lowest BCUT2D eigenvalue weighted by Crippen LogP contribution is -2.47. The number of hydrogen-bond acceptors (Lipinski definition) is 10. The monoisotopic (exact) mass is 854 g/mol. The highest BCUT2D eigenvalue weighted by Gasteiger charge is 2.32. The van der Waals surface area contributed by atoms with E-state index in [0.717, 1.165) is 54.2 Å². The fourth-order valence-corrected chi connectivity index (χ4v) is 7.70. The highest BCUT2D eigenvalue weighted by molar-refractivity contribution is 6.06. The number of fused-ring (bicyclic) bond motifs is 3. The molecule has 1 aliphatic heterocycles. The highest BCUT2D eigenvalue weighted by Crippen LogP contribution is 2.40. The van der Waals surface area contributed by atoms with Crippen LogP contribution < -0.4 is 25.4 Å². The van der Waals surface area contributed by atoms with Crippen LogP contribution in [-0.4, -0.2) is 81.5 Å². The molecule has 1 fully saturated rings. The molecule has 1 aliphatic carbocycles. The summed E-state index contributed by atoms with van der Waals surface area (Å²) in [4.78, 5) is 50.2. The number of anilines is 2. The molecule has 1 saturated carbocycles. The quantitative estimate of drug-likeness (QED) is 0.138. The van der Waals surface area contributed by atoms with Gasteiger partial charge in [-0.1, -0.05) is 24.3 Å². The Bertz CT molecular complexity index is 2480. The predicted octanol–water partition coefficient (Wildman–Crippen LogP) is 8.65. The molecule has 0 unspecified atom stereocenters. The summed E-state index contributed by atoms with van der Waals surface area (Å²) < 4.78 is 58.8. The Kier molecular flexibility index (Phi) is 12.7. The first-order valence-electron chi connectivity index (χ1n) is 20.3. The van der Waals surface area contributed by atoms with Crippen LogP contribution in [0.5, 0.6) is 11.5 Å². The van der Waals surface area contributed by atoms with E-state index in [9.17, 15) is 27.6 Å². The van der Waals surface area contributed by atoms with E-state index in [2.05, 4.69) is 20.9 Å². The lowest BCUT2D eigenvalue weighted by molar-refractivity contribution is -0.137. The number of alkyl halides is 3. The standard InChI is InChI=1S/C45H49F3N8O6/c1-44(2,3)62-43(59)55-20-7-6-9-30-25-51-41(50-24-29-16-17-34(60-4)23-35(29)61-5)38-39(54-56(40(30)38)33-11-8-10-32(22-33)52-37(57)26-55)27-12-14-28(15-13-27)42(58)53-36-21-31(18-19-49-36)45(46,47)48/h6,9,12-19,21,23,25,32-33H,7-8,10-11,20,22,24,26H2,1-5H3,(H,50,51)(H,52,57)(H,49,53,58)/b9-6+/t32-,33-/m1/s1. The van der Waals surface area contributed by atoms with Gasteiger partial charge in [-0.05, 0) is 89.3 Å². The molecule has 5 aromatic rings. The van der Waals surface area contributed by atoms with Crippen molar-refractivity contribution in [3.63, 3.8) is 0 Å². The summed E-state index contributed by atoms with van der Waals surface area (Å²) >= 11 is 0. The van der Waals surface area contributed by atoms with E-state index in [0.29, 0.717) is 53.3 Å². The van der Waals surface area contributed by atoms with Crippen LogP contribution in [0.15, 0.2) is 73.1 Å². The molecular weight excluding hydrogens is 806 g/mol. The van der Waals surface area contributed by atoms with Gasteiger partial charge in [0, 0.05) is 59.8 Å². The molecule has 0 radical (unpaired) electrons. The van der Waals surface area contributed by atoms with E-state index in [1.54, 1.807) is 71.5 Å². The second-order valence-electron chi connectivity index (χ2n) is 16.2. The molecule has 326 valence electrons. The maximum atomic E-state index is 13.4. The van der Waals surface area contributed by atoms with Crippen molar-refractivity contribution in [3.8, 4) is 22.8 Å². The van der Waals surface area contributed by atoms with Crippen molar-refractivity contribution in [1.82, 2.24) is 30.0 Å². The number of halogens is 3. The van der Waals surface area contributed by atoms with Crippen LogP contribution in [0.2, 0.25) is 0 Å². The zero-order chi connectivity index (χ0) is 44.2. The van der Waals surface area contributed by atoms with Crippen LogP contribution in [0.4, 0.5) is 29.6 Å². The molecule has 2 aromatic carbocycles. The highest BCUT2D eigenvalue weighted by atomic mass is 19.4. The summed E-state index contributed by atoms with van der Waals surface area (Å²) in [6.45, 7) is 5.78. The Hall–Kier alpha value is -6.65.